The maximum absolute atomic E-state index is 13.7. The van der Waals surface area contributed by atoms with E-state index < -0.39 is 0 Å². The van der Waals surface area contributed by atoms with Crippen LogP contribution in [-0.2, 0) is 0 Å². The summed E-state index contributed by atoms with van der Waals surface area (Å²) in [6, 6.07) is 7.07. The Morgan fingerprint density at radius 2 is 1.55 bits per heavy atom. The summed E-state index contributed by atoms with van der Waals surface area (Å²) >= 11 is 3.46. The fourth-order valence-electron chi connectivity index (χ4n) is 2.44. The summed E-state index contributed by atoms with van der Waals surface area (Å²) in [6.45, 7) is 3.91. The largest absolute Gasteiger partial charge is 0.369 e. The minimum absolute atomic E-state index is 0.107. The van der Waals surface area contributed by atoms with Crippen LogP contribution in [0.15, 0.2) is 24.3 Å². The van der Waals surface area contributed by atoms with Crippen molar-refractivity contribution in [1.82, 2.24) is 0 Å². The van der Waals surface area contributed by atoms with Gasteiger partial charge in [0.2, 0.25) is 0 Å². The molecule has 20 heavy (non-hydrogen) atoms. The highest BCUT2D eigenvalue weighted by Crippen LogP contribution is 2.19. The third kappa shape index (κ3) is 6.74. The van der Waals surface area contributed by atoms with Gasteiger partial charge in [0.25, 0.3) is 0 Å². The molecule has 0 saturated heterocycles. The van der Waals surface area contributed by atoms with Crippen LogP contribution < -0.4 is 4.90 Å². The van der Waals surface area contributed by atoms with Crippen molar-refractivity contribution in [3.63, 3.8) is 0 Å². The molecule has 0 fully saturated rings. The van der Waals surface area contributed by atoms with Crippen molar-refractivity contribution in [2.75, 3.05) is 23.3 Å². The molecular weight excluding hydrogens is 317 g/mol. The highest BCUT2D eigenvalue weighted by molar-refractivity contribution is 9.09. The van der Waals surface area contributed by atoms with Crippen molar-refractivity contribution < 1.29 is 4.39 Å². The van der Waals surface area contributed by atoms with Crippen LogP contribution in [0.3, 0.4) is 0 Å². The van der Waals surface area contributed by atoms with Crippen molar-refractivity contribution in [3.8, 4) is 0 Å². The Kier molecular flexibility index (Phi) is 9.73. The minimum Gasteiger partial charge on any atom is -0.369 e. The number of anilines is 1. The molecule has 0 spiro atoms. The Morgan fingerprint density at radius 1 is 0.950 bits per heavy atom. The van der Waals surface area contributed by atoms with Gasteiger partial charge in [-0.25, -0.2) is 4.39 Å². The molecule has 0 N–H and O–H groups in total. The third-order valence-electron chi connectivity index (χ3n) is 3.64. The van der Waals surface area contributed by atoms with Gasteiger partial charge in [0, 0.05) is 18.4 Å². The van der Waals surface area contributed by atoms with Gasteiger partial charge in [-0.2, -0.15) is 0 Å². The van der Waals surface area contributed by atoms with E-state index in [9.17, 15) is 4.39 Å². The van der Waals surface area contributed by atoms with Gasteiger partial charge in [-0.3, -0.25) is 0 Å². The summed E-state index contributed by atoms with van der Waals surface area (Å²) in [4.78, 5) is 2.14. The van der Waals surface area contributed by atoms with Crippen molar-refractivity contribution in [1.29, 1.82) is 0 Å². The number of hydrogen-bond donors (Lipinski definition) is 0. The average Bonchev–Trinajstić information content (AvgIpc) is 2.47. The van der Waals surface area contributed by atoms with Gasteiger partial charge in [-0.1, -0.05) is 60.2 Å². The fraction of sp³-hybridized carbons (Fsp3) is 0.647. The molecule has 114 valence electrons. The second-order valence-electron chi connectivity index (χ2n) is 5.19. The summed E-state index contributed by atoms with van der Waals surface area (Å²) in [7, 11) is 0. The van der Waals surface area contributed by atoms with Crippen molar-refractivity contribution in [2.45, 2.75) is 51.9 Å². The molecule has 0 unspecified atom stereocenters. The lowest BCUT2D eigenvalue weighted by Crippen LogP contribution is -2.24. The maximum Gasteiger partial charge on any atom is 0.146 e. The Hall–Kier alpha value is -0.570. The van der Waals surface area contributed by atoms with E-state index in [0.29, 0.717) is 0 Å². The molecule has 0 aromatic heterocycles. The fourth-order valence-corrected chi connectivity index (χ4v) is 2.83. The second kappa shape index (κ2) is 11.1. The van der Waals surface area contributed by atoms with Crippen LogP contribution in [0, 0.1) is 5.82 Å². The number of para-hydroxylation sites is 1. The van der Waals surface area contributed by atoms with Gasteiger partial charge in [0.1, 0.15) is 5.82 Å². The molecule has 1 rings (SSSR count). The summed E-state index contributed by atoms with van der Waals surface area (Å²) < 4.78 is 13.7. The quantitative estimate of drug-likeness (QED) is 0.363. The van der Waals surface area contributed by atoms with Gasteiger partial charge in [-0.15, -0.1) is 0 Å². The zero-order valence-corrected chi connectivity index (χ0v) is 14.2. The Bertz CT molecular complexity index is 357. The number of alkyl halides is 1. The second-order valence-corrected chi connectivity index (χ2v) is 5.99. The standard InChI is InChI=1S/C17H27BrFN/c1-2-20(17-13-9-8-12-16(17)19)15-11-7-5-3-4-6-10-14-18/h8-9,12-13H,2-7,10-11,14-15H2,1H3. The number of hydrogen-bond acceptors (Lipinski definition) is 1. The normalized spacial score (nSPS) is 10.8. The molecule has 1 aromatic carbocycles. The van der Waals surface area contributed by atoms with E-state index in [-0.39, 0.29) is 5.82 Å². The first-order valence-electron chi connectivity index (χ1n) is 7.85. The molecule has 0 heterocycles. The van der Waals surface area contributed by atoms with E-state index in [1.807, 2.05) is 12.1 Å². The Labute approximate surface area is 131 Å². The van der Waals surface area contributed by atoms with Gasteiger partial charge in [0.15, 0.2) is 0 Å². The highest BCUT2D eigenvalue weighted by atomic mass is 79.9. The van der Waals surface area contributed by atoms with Crippen LogP contribution in [0.1, 0.15) is 51.9 Å². The van der Waals surface area contributed by atoms with E-state index in [1.54, 1.807) is 12.1 Å². The van der Waals surface area contributed by atoms with Crippen molar-refractivity contribution >= 4 is 21.6 Å². The maximum atomic E-state index is 13.7. The molecule has 0 aliphatic rings. The first-order valence-corrected chi connectivity index (χ1v) is 8.97. The molecule has 0 bridgehead atoms. The lowest BCUT2D eigenvalue weighted by Gasteiger charge is -2.23. The molecule has 1 aromatic rings. The van der Waals surface area contributed by atoms with Gasteiger partial charge in [0.05, 0.1) is 5.69 Å². The molecule has 0 atom stereocenters. The van der Waals surface area contributed by atoms with Gasteiger partial charge < -0.3 is 4.90 Å². The predicted molar refractivity (Wildman–Crippen MR) is 90.4 cm³/mol. The van der Waals surface area contributed by atoms with E-state index in [0.717, 1.165) is 30.5 Å². The van der Waals surface area contributed by atoms with Crippen LogP contribution in [0.4, 0.5) is 10.1 Å². The molecule has 0 amide bonds. The molecular formula is C17H27BrFN. The summed E-state index contributed by atoms with van der Waals surface area (Å²) in [5.74, 6) is -0.107. The molecule has 0 radical (unpaired) electrons. The monoisotopic (exact) mass is 343 g/mol. The number of benzene rings is 1. The first-order chi connectivity index (χ1) is 9.79. The third-order valence-corrected chi connectivity index (χ3v) is 4.20. The van der Waals surface area contributed by atoms with E-state index in [1.165, 1.54) is 38.5 Å². The first kappa shape index (κ1) is 17.5. The Balaban J connectivity index is 2.18. The lowest BCUT2D eigenvalue weighted by atomic mass is 10.1. The smallest absolute Gasteiger partial charge is 0.146 e. The van der Waals surface area contributed by atoms with Gasteiger partial charge in [-0.05, 0) is 31.9 Å². The summed E-state index contributed by atoms with van der Waals surface area (Å²) in [5.41, 5.74) is 0.743. The van der Waals surface area contributed by atoms with Gasteiger partial charge >= 0.3 is 0 Å². The van der Waals surface area contributed by atoms with Crippen LogP contribution in [-0.4, -0.2) is 18.4 Å². The van der Waals surface area contributed by atoms with Crippen LogP contribution in [0.5, 0.6) is 0 Å². The van der Waals surface area contributed by atoms with E-state index in [4.69, 9.17) is 0 Å². The molecule has 1 nitrogen and oxygen atoms in total. The zero-order chi connectivity index (χ0) is 14.6. The SMILES string of the molecule is CCN(CCCCCCCCCBr)c1ccccc1F. The number of halogens is 2. The molecule has 0 aliphatic carbocycles. The zero-order valence-electron chi connectivity index (χ0n) is 12.6. The molecule has 3 heteroatoms. The predicted octanol–water partition coefficient (Wildman–Crippen LogP) is 5.78. The van der Waals surface area contributed by atoms with Crippen LogP contribution >= 0.6 is 15.9 Å². The van der Waals surface area contributed by atoms with Crippen LogP contribution in [0.2, 0.25) is 0 Å². The van der Waals surface area contributed by atoms with E-state index in [2.05, 4.69) is 27.8 Å². The summed E-state index contributed by atoms with van der Waals surface area (Å²) in [6.07, 6.45) is 9.00. The van der Waals surface area contributed by atoms with E-state index >= 15 is 0 Å². The number of nitrogens with zero attached hydrogens (tertiary/aromatic N) is 1. The number of rotatable bonds is 11. The highest BCUT2D eigenvalue weighted by Gasteiger charge is 2.08. The average molecular weight is 344 g/mol. The molecule has 0 saturated carbocycles. The number of unbranched alkanes of at least 4 members (excludes halogenated alkanes) is 6. The van der Waals surface area contributed by atoms with Crippen molar-refractivity contribution in [2.24, 2.45) is 0 Å². The van der Waals surface area contributed by atoms with Crippen LogP contribution in [0.25, 0.3) is 0 Å². The topological polar surface area (TPSA) is 3.24 Å². The summed E-state index contributed by atoms with van der Waals surface area (Å²) in [5, 5.41) is 1.13. The minimum atomic E-state index is -0.107. The lowest BCUT2D eigenvalue weighted by molar-refractivity contribution is 0.579. The van der Waals surface area contributed by atoms with Crippen molar-refractivity contribution in [3.05, 3.63) is 30.1 Å². The molecule has 0 aliphatic heterocycles. The Morgan fingerprint density at radius 3 is 2.15 bits per heavy atom.